The lowest BCUT2D eigenvalue weighted by Crippen LogP contribution is -2.53. The lowest BCUT2D eigenvalue weighted by atomic mass is 9.84. The molecular weight excluding hydrogens is 648 g/mol. The number of alkyl carbamates (subject to hydrolysis) is 1. The van der Waals surface area contributed by atoms with E-state index in [0.717, 1.165) is 37.7 Å². The molecule has 4 amide bonds. The molecule has 1 unspecified atom stereocenters. The molecule has 2 aliphatic rings. The quantitative estimate of drug-likeness (QED) is 0.253. The van der Waals surface area contributed by atoms with Gasteiger partial charge in [0.05, 0.1) is 12.1 Å². The third kappa shape index (κ3) is 12.1. The minimum atomic E-state index is -0.928. The van der Waals surface area contributed by atoms with Gasteiger partial charge in [-0.1, -0.05) is 86.2 Å². The van der Waals surface area contributed by atoms with Gasteiger partial charge in [0.2, 0.25) is 11.8 Å². The summed E-state index contributed by atoms with van der Waals surface area (Å²) >= 11 is 6.03. The zero-order chi connectivity index (χ0) is 35.4. The highest BCUT2D eigenvalue weighted by atomic mass is 35.5. The summed E-state index contributed by atoms with van der Waals surface area (Å²) in [5.74, 6) is -0.428. The first-order chi connectivity index (χ1) is 23.4. The Balaban J connectivity index is 1.35. The number of hydrogen-bond acceptors (Lipinski definition) is 7. The van der Waals surface area contributed by atoms with E-state index in [1.807, 2.05) is 51.1 Å². The SMILES string of the molecule is CC(C)(C)OC(=O)N1CCN(C(=O)CC[C@@H](C=O)NC(=O)[C@H](CC2CCCCC2)NC(=O)OCc2cccc(Cl)c2)CC1c1ccccc1. The number of carbonyl (C=O) groups is 5. The zero-order valence-electron chi connectivity index (χ0n) is 28.7. The number of halogens is 1. The molecule has 0 spiro atoms. The largest absolute Gasteiger partial charge is 0.445 e. The highest BCUT2D eigenvalue weighted by molar-refractivity contribution is 6.30. The third-order valence-corrected chi connectivity index (χ3v) is 9.10. The number of amides is 4. The van der Waals surface area contributed by atoms with Crippen LogP contribution in [-0.2, 0) is 30.5 Å². The van der Waals surface area contributed by atoms with Crippen LogP contribution in [0.15, 0.2) is 54.6 Å². The van der Waals surface area contributed by atoms with Crippen molar-refractivity contribution in [2.75, 3.05) is 19.6 Å². The second-order valence-electron chi connectivity index (χ2n) is 13.9. The van der Waals surface area contributed by atoms with Gasteiger partial charge in [-0.25, -0.2) is 9.59 Å². The van der Waals surface area contributed by atoms with E-state index in [2.05, 4.69) is 10.6 Å². The summed E-state index contributed by atoms with van der Waals surface area (Å²) in [7, 11) is 0. The summed E-state index contributed by atoms with van der Waals surface area (Å²) < 4.78 is 11.0. The van der Waals surface area contributed by atoms with Crippen molar-refractivity contribution in [1.29, 1.82) is 0 Å². The Morgan fingerprint density at radius 2 is 1.71 bits per heavy atom. The minimum Gasteiger partial charge on any atom is -0.445 e. The normalized spacial score (nSPS) is 18.2. The molecule has 0 bridgehead atoms. The minimum absolute atomic E-state index is 0.0135. The van der Waals surface area contributed by atoms with Gasteiger partial charge in [-0.05, 0) is 62.8 Å². The highest BCUT2D eigenvalue weighted by Crippen LogP contribution is 2.29. The Labute approximate surface area is 294 Å². The molecule has 2 aromatic carbocycles. The molecule has 0 aromatic heterocycles. The maximum Gasteiger partial charge on any atom is 0.410 e. The van der Waals surface area contributed by atoms with Crippen LogP contribution in [0.25, 0.3) is 0 Å². The lowest BCUT2D eigenvalue weighted by Gasteiger charge is -2.42. The fourth-order valence-electron chi connectivity index (χ4n) is 6.35. The zero-order valence-corrected chi connectivity index (χ0v) is 29.5. The van der Waals surface area contributed by atoms with E-state index >= 15 is 0 Å². The Bertz CT molecular complexity index is 1430. The van der Waals surface area contributed by atoms with E-state index < -0.39 is 41.8 Å². The standard InChI is InChI=1S/C37H49ClN4O7/c1-37(2,3)49-36(47)42-20-19-41(23-32(42)28-14-8-5-9-15-28)33(44)18-17-30(24-43)39-34(45)31(22-26-11-6-4-7-12-26)40-35(46)48-25-27-13-10-16-29(38)21-27/h5,8-10,13-16,21,24,26,30-32H,4,6-7,11-12,17-20,22-23,25H2,1-3H3,(H,39,45)(H,40,46)/t30-,31-,32?/m0/s1. The maximum absolute atomic E-state index is 13.5. The van der Waals surface area contributed by atoms with Crippen LogP contribution in [-0.4, -0.2) is 77.4 Å². The van der Waals surface area contributed by atoms with Crippen molar-refractivity contribution < 1.29 is 33.4 Å². The van der Waals surface area contributed by atoms with E-state index in [0.29, 0.717) is 29.8 Å². The number of aldehydes is 1. The molecule has 2 aromatic rings. The number of nitrogens with zero attached hydrogens (tertiary/aromatic N) is 2. The van der Waals surface area contributed by atoms with Gasteiger partial charge in [0.15, 0.2) is 0 Å². The van der Waals surface area contributed by atoms with E-state index in [1.54, 1.807) is 34.1 Å². The van der Waals surface area contributed by atoms with Gasteiger partial charge in [0.1, 0.15) is 24.5 Å². The van der Waals surface area contributed by atoms with Crippen LogP contribution >= 0.6 is 11.6 Å². The van der Waals surface area contributed by atoms with Gasteiger partial charge in [-0.3, -0.25) is 14.5 Å². The van der Waals surface area contributed by atoms with Crippen molar-refractivity contribution in [3.8, 4) is 0 Å². The summed E-state index contributed by atoms with van der Waals surface area (Å²) in [6.07, 6.45) is 5.15. The van der Waals surface area contributed by atoms with Crippen LogP contribution in [0, 0.1) is 5.92 Å². The second kappa shape index (κ2) is 18.0. The van der Waals surface area contributed by atoms with Crippen LogP contribution in [0.1, 0.15) is 89.3 Å². The summed E-state index contributed by atoms with van der Waals surface area (Å²) in [4.78, 5) is 68.2. The topological polar surface area (TPSA) is 134 Å². The van der Waals surface area contributed by atoms with Gasteiger partial charge in [-0.2, -0.15) is 0 Å². The van der Waals surface area contributed by atoms with Crippen LogP contribution in [0.5, 0.6) is 0 Å². The predicted molar refractivity (Wildman–Crippen MR) is 186 cm³/mol. The van der Waals surface area contributed by atoms with Crippen molar-refractivity contribution in [3.63, 3.8) is 0 Å². The van der Waals surface area contributed by atoms with Crippen molar-refractivity contribution in [3.05, 3.63) is 70.7 Å². The highest BCUT2D eigenvalue weighted by Gasteiger charge is 2.36. The molecule has 1 saturated heterocycles. The van der Waals surface area contributed by atoms with Gasteiger partial charge in [-0.15, -0.1) is 0 Å². The lowest BCUT2D eigenvalue weighted by molar-refractivity contribution is -0.135. The Morgan fingerprint density at radius 1 is 0.980 bits per heavy atom. The summed E-state index contributed by atoms with van der Waals surface area (Å²) in [5, 5.41) is 5.97. The van der Waals surface area contributed by atoms with Gasteiger partial charge >= 0.3 is 12.2 Å². The molecule has 1 heterocycles. The van der Waals surface area contributed by atoms with Crippen LogP contribution in [0.2, 0.25) is 5.02 Å². The number of carbonyl (C=O) groups excluding carboxylic acids is 5. The first-order valence-corrected chi connectivity index (χ1v) is 17.6. The molecule has 2 N–H and O–H groups in total. The Hall–Kier alpha value is -4.12. The number of rotatable bonds is 12. The smallest absolute Gasteiger partial charge is 0.410 e. The molecule has 4 rings (SSSR count). The van der Waals surface area contributed by atoms with Crippen molar-refractivity contribution >= 4 is 41.9 Å². The fourth-order valence-corrected chi connectivity index (χ4v) is 6.56. The molecule has 0 radical (unpaired) electrons. The molecule has 3 atom stereocenters. The predicted octanol–water partition coefficient (Wildman–Crippen LogP) is 6.19. The monoisotopic (exact) mass is 696 g/mol. The molecule has 1 aliphatic heterocycles. The number of nitrogens with one attached hydrogen (secondary N) is 2. The van der Waals surface area contributed by atoms with E-state index in [4.69, 9.17) is 21.1 Å². The molecular formula is C37H49ClN4O7. The molecule has 11 nitrogen and oxygen atoms in total. The Kier molecular flexibility index (Phi) is 13.9. The molecule has 12 heteroatoms. The fraction of sp³-hybridized carbons (Fsp3) is 0.541. The molecule has 2 fully saturated rings. The molecule has 266 valence electrons. The van der Waals surface area contributed by atoms with Crippen LogP contribution < -0.4 is 10.6 Å². The van der Waals surface area contributed by atoms with Crippen LogP contribution in [0.4, 0.5) is 9.59 Å². The van der Waals surface area contributed by atoms with E-state index in [-0.39, 0.29) is 44.4 Å². The maximum atomic E-state index is 13.5. The second-order valence-corrected chi connectivity index (χ2v) is 14.3. The van der Waals surface area contributed by atoms with Crippen molar-refractivity contribution in [2.45, 2.75) is 102 Å². The first kappa shape index (κ1) is 37.7. The van der Waals surface area contributed by atoms with E-state index in [9.17, 15) is 24.0 Å². The van der Waals surface area contributed by atoms with E-state index in [1.165, 1.54) is 0 Å². The first-order valence-electron chi connectivity index (χ1n) is 17.2. The van der Waals surface area contributed by atoms with Crippen molar-refractivity contribution in [1.82, 2.24) is 20.4 Å². The Morgan fingerprint density at radius 3 is 2.39 bits per heavy atom. The summed E-state index contributed by atoms with van der Waals surface area (Å²) in [5.41, 5.74) is 0.927. The van der Waals surface area contributed by atoms with Crippen LogP contribution in [0.3, 0.4) is 0 Å². The summed E-state index contributed by atoms with van der Waals surface area (Å²) in [6.45, 7) is 6.29. The number of benzene rings is 2. The van der Waals surface area contributed by atoms with Crippen molar-refractivity contribution in [2.24, 2.45) is 5.92 Å². The average molecular weight is 697 g/mol. The number of ether oxygens (including phenoxy) is 2. The average Bonchev–Trinajstić information content (AvgIpc) is 3.08. The van der Waals surface area contributed by atoms with Gasteiger partial charge in [0.25, 0.3) is 0 Å². The molecule has 1 aliphatic carbocycles. The summed E-state index contributed by atoms with van der Waals surface area (Å²) in [6, 6.07) is 14.2. The third-order valence-electron chi connectivity index (χ3n) is 8.87. The van der Waals surface area contributed by atoms with Gasteiger partial charge in [0, 0.05) is 31.1 Å². The molecule has 49 heavy (non-hydrogen) atoms. The molecule has 1 saturated carbocycles. The number of piperazine rings is 1. The van der Waals surface area contributed by atoms with Gasteiger partial charge < -0.3 is 29.8 Å². The number of hydrogen-bond donors (Lipinski definition) is 2.